The first-order chi connectivity index (χ1) is 11.7. The van der Waals surface area contributed by atoms with Gasteiger partial charge in [0.15, 0.2) is 0 Å². The second-order valence-electron chi connectivity index (χ2n) is 7.89. The molecule has 0 aromatic carbocycles. The molecule has 25 heavy (non-hydrogen) atoms. The molecule has 2 heterocycles. The number of rotatable bonds is 5. The van der Waals surface area contributed by atoms with Crippen LogP contribution in [0, 0.1) is 5.92 Å². The minimum Gasteiger partial charge on any atom is -0.342 e. The number of piperazine rings is 1. The van der Waals surface area contributed by atoms with Crippen molar-refractivity contribution in [2.24, 2.45) is 5.92 Å². The summed E-state index contributed by atoms with van der Waals surface area (Å²) in [6, 6.07) is -0.294. The Labute approximate surface area is 158 Å². The van der Waals surface area contributed by atoms with Crippen molar-refractivity contribution in [3.8, 4) is 0 Å². The number of hydrogen-bond acceptors (Lipinski definition) is 3. The van der Waals surface area contributed by atoms with Gasteiger partial charge in [-0.2, -0.15) is 0 Å². The summed E-state index contributed by atoms with van der Waals surface area (Å²) < 4.78 is 0. The topological polar surface area (TPSA) is 61.4 Å². The molecule has 5 nitrogen and oxygen atoms in total. The van der Waals surface area contributed by atoms with Gasteiger partial charge in [0.05, 0.1) is 0 Å². The van der Waals surface area contributed by atoms with Crippen molar-refractivity contribution in [1.82, 2.24) is 15.5 Å². The second-order valence-corrected chi connectivity index (χ2v) is 7.89. The van der Waals surface area contributed by atoms with Crippen LogP contribution < -0.4 is 10.6 Å². The number of carbonyl (C=O) groups is 2. The number of amides is 2. The summed E-state index contributed by atoms with van der Waals surface area (Å²) in [7, 11) is 0. The minimum atomic E-state index is -0.597. The van der Waals surface area contributed by atoms with E-state index in [9.17, 15) is 9.59 Å². The molecule has 0 bridgehead atoms. The molecule has 1 atom stereocenters. The van der Waals surface area contributed by atoms with Gasteiger partial charge in [0.1, 0.15) is 11.6 Å². The third kappa shape index (κ3) is 4.30. The zero-order chi connectivity index (χ0) is 17.0. The van der Waals surface area contributed by atoms with Crippen molar-refractivity contribution in [3.63, 3.8) is 0 Å². The van der Waals surface area contributed by atoms with Crippen LogP contribution >= 0.6 is 12.4 Å². The fourth-order valence-corrected chi connectivity index (χ4v) is 4.77. The van der Waals surface area contributed by atoms with Gasteiger partial charge in [0.2, 0.25) is 11.8 Å². The Morgan fingerprint density at radius 2 is 1.80 bits per heavy atom. The van der Waals surface area contributed by atoms with Crippen LogP contribution in [-0.4, -0.2) is 47.9 Å². The maximum Gasteiger partial charge on any atom is 0.246 e. The summed E-state index contributed by atoms with van der Waals surface area (Å²) in [6.07, 6.45) is 10.6. The average molecular weight is 372 g/mol. The monoisotopic (exact) mass is 371 g/mol. The second kappa shape index (κ2) is 9.22. The summed E-state index contributed by atoms with van der Waals surface area (Å²) >= 11 is 0. The fourth-order valence-electron chi connectivity index (χ4n) is 4.77. The Morgan fingerprint density at radius 1 is 1.12 bits per heavy atom. The number of piperidine rings is 1. The highest BCUT2D eigenvalue weighted by molar-refractivity contribution is 6.00. The zero-order valence-electron chi connectivity index (χ0n) is 15.5. The molecule has 6 heteroatoms. The third-order valence-corrected chi connectivity index (χ3v) is 6.27. The number of nitrogens with one attached hydrogen (secondary N) is 2. The predicted octanol–water partition coefficient (Wildman–Crippen LogP) is 2.63. The number of carbonyl (C=O) groups excluding carboxylic acids is 2. The van der Waals surface area contributed by atoms with Gasteiger partial charge in [-0.15, -0.1) is 12.4 Å². The highest BCUT2D eigenvalue weighted by Crippen LogP contribution is 2.34. The van der Waals surface area contributed by atoms with Crippen molar-refractivity contribution in [2.75, 3.05) is 19.6 Å². The number of hydrogen-bond donors (Lipinski definition) is 2. The molecule has 3 rings (SSSR count). The largest absolute Gasteiger partial charge is 0.342 e. The molecule has 144 valence electrons. The summed E-state index contributed by atoms with van der Waals surface area (Å²) in [5.74, 6) is 0.874. The molecule has 2 N–H and O–H groups in total. The molecule has 3 fully saturated rings. The third-order valence-electron chi connectivity index (χ3n) is 6.27. The Morgan fingerprint density at radius 3 is 2.44 bits per heavy atom. The first-order valence-corrected chi connectivity index (χ1v) is 10.0. The van der Waals surface area contributed by atoms with E-state index in [1.807, 2.05) is 4.90 Å². The minimum absolute atomic E-state index is 0. The van der Waals surface area contributed by atoms with Crippen LogP contribution in [0.25, 0.3) is 0 Å². The summed E-state index contributed by atoms with van der Waals surface area (Å²) in [5.41, 5.74) is -0.597. The van der Waals surface area contributed by atoms with Crippen LogP contribution in [-0.2, 0) is 9.59 Å². The molecular weight excluding hydrogens is 338 g/mol. The van der Waals surface area contributed by atoms with Crippen LogP contribution in [0.4, 0.5) is 0 Å². The molecule has 0 aromatic heterocycles. The van der Waals surface area contributed by atoms with Crippen molar-refractivity contribution >= 4 is 24.2 Å². The van der Waals surface area contributed by atoms with Crippen molar-refractivity contribution in [2.45, 2.75) is 82.7 Å². The lowest BCUT2D eigenvalue weighted by atomic mass is 9.79. The molecule has 3 aliphatic rings. The summed E-state index contributed by atoms with van der Waals surface area (Å²) in [5, 5.41) is 6.45. The standard InChI is InChI=1S/C19H33N3O2.ClH/c1-2-3-13-22-17(23)16(14-15-7-5-4-6-8-15)21-18(24)19(22)9-11-20-12-10-19;/h15-16,20H,2-14H2,1H3,(H,21,24);1H. The smallest absolute Gasteiger partial charge is 0.246 e. The maximum absolute atomic E-state index is 13.2. The van der Waals surface area contributed by atoms with E-state index >= 15 is 0 Å². The predicted molar refractivity (Wildman–Crippen MR) is 102 cm³/mol. The molecule has 1 saturated carbocycles. The molecule has 1 aliphatic carbocycles. The quantitative estimate of drug-likeness (QED) is 0.780. The van der Waals surface area contributed by atoms with Crippen LogP contribution in [0.3, 0.4) is 0 Å². The van der Waals surface area contributed by atoms with Gasteiger partial charge in [-0.05, 0) is 44.7 Å². The van der Waals surface area contributed by atoms with Gasteiger partial charge < -0.3 is 15.5 Å². The van der Waals surface area contributed by atoms with Crippen LogP contribution in [0.15, 0.2) is 0 Å². The molecular formula is C19H34ClN3O2. The Balaban J connectivity index is 0.00000225. The van der Waals surface area contributed by atoms with E-state index in [1.165, 1.54) is 32.1 Å². The van der Waals surface area contributed by atoms with Crippen molar-refractivity contribution in [3.05, 3.63) is 0 Å². The van der Waals surface area contributed by atoms with Gasteiger partial charge in [-0.25, -0.2) is 0 Å². The molecule has 1 unspecified atom stereocenters. The normalized spacial score (nSPS) is 27.1. The highest BCUT2D eigenvalue weighted by Gasteiger charge is 2.52. The summed E-state index contributed by atoms with van der Waals surface area (Å²) in [6.45, 7) is 4.50. The first kappa shape index (κ1) is 20.5. The number of unbranched alkanes of at least 4 members (excludes halogenated alkanes) is 1. The van der Waals surface area contributed by atoms with E-state index in [0.717, 1.165) is 51.7 Å². The first-order valence-electron chi connectivity index (χ1n) is 10.0. The Bertz CT molecular complexity index is 460. The lowest BCUT2D eigenvalue weighted by Crippen LogP contribution is -2.72. The molecule has 0 aromatic rings. The lowest BCUT2D eigenvalue weighted by molar-refractivity contribution is -0.160. The van der Waals surface area contributed by atoms with Gasteiger partial charge in [-0.3, -0.25) is 9.59 Å². The molecule has 2 saturated heterocycles. The fraction of sp³-hybridized carbons (Fsp3) is 0.895. The molecule has 0 radical (unpaired) electrons. The van der Waals surface area contributed by atoms with E-state index in [4.69, 9.17) is 0 Å². The van der Waals surface area contributed by atoms with Gasteiger partial charge in [0, 0.05) is 6.54 Å². The molecule has 1 spiro atoms. The van der Waals surface area contributed by atoms with Crippen LogP contribution in [0.2, 0.25) is 0 Å². The number of nitrogens with zero attached hydrogens (tertiary/aromatic N) is 1. The number of halogens is 1. The maximum atomic E-state index is 13.2. The van der Waals surface area contributed by atoms with E-state index in [1.54, 1.807) is 0 Å². The van der Waals surface area contributed by atoms with E-state index < -0.39 is 5.54 Å². The van der Waals surface area contributed by atoms with E-state index in [2.05, 4.69) is 17.6 Å². The van der Waals surface area contributed by atoms with Crippen molar-refractivity contribution < 1.29 is 9.59 Å². The van der Waals surface area contributed by atoms with Gasteiger partial charge >= 0.3 is 0 Å². The van der Waals surface area contributed by atoms with Crippen LogP contribution in [0.5, 0.6) is 0 Å². The summed E-state index contributed by atoms with van der Waals surface area (Å²) in [4.78, 5) is 28.2. The highest BCUT2D eigenvalue weighted by atomic mass is 35.5. The lowest BCUT2D eigenvalue weighted by Gasteiger charge is -2.50. The van der Waals surface area contributed by atoms with E-state index in [0.29, 0.717) is 5.92 Å². The van der Waals surface area contributed by atoms with Gasteiger partial charge in [0.25, 0.3) is 0 Å². The molecule has 2 amide bonds. The van der Waals surface area contributed by atoms with E-state index in [-0.39, 0.29) is 30.3 Å². The molecule has 2 aliphatic heterocycles. The Hall–Kier alpha value is -0.810. The Kier molecular flexibility index (Phi) is 7.56. The zero-order valence-corrected chi connectivity index (χ0v) is 16.3. The van der Waals surface area contributed by atoms with Gasteiger partial charge in [-0.1, -0.05) is 45.4 Å². The van der Waals surface area contributed by atoms with Crippen LogP contribution in [0.1, 0.15) is 71.1 Å². The van der Waals surface area contributed by atoms with Crippen molar-refractivity contribution in [1.29, 1.82) is 0 Å². The SMILES string of the molecule is CCCCN1C(=O)C(CC2CCCCC2)NC(=O)C12CCNCC2.Cl. The average Bonchev–Trinajstić information content (AvgIpc) is 2.62.